The second kappa shape index (κ2) is 5.05. The van der Waals surface area contributed by atoms with Crippen LogP contribution in [-0.4, -0.2) is 10.9 Å². The number of halogens is 2. The summed E-state index contributed by atoms with van der Waals surface area (Å²) in [5.74, 6) is -0.456. The van der Waals surface area contributed by atoms with Crippen molar-refractivity contribution in [2.75, 3.05) is 5.32 Å². The molecule has 1 heterocycles. The smallest absolute Gasteiger partial charge is 0.258 e. The fraction of sp³-hybridized carbons (Fsp3) is 0. The van der Waals surface area contributed by atoms with E-state index in [9.17, 15) is 9.18 Å². The lowest BCUT2D eigenvalue weighted by atomic mass is 10.2. The van der Waals surface area contributed by atoms with Crippen molar-refractivity contribution in [3.05, 3.63) is 58.4 Å². The Hall–Kier alpha value is -1.75. The van der Waals surface area contributed by atoms with Crippen LogP contribution in [0.5, 0.6) is 0 Å². The zero-order valence-corrected chi connectivity index (χ0v) is 10.2. The minimum atomic E-state index is -0.473. The lowest BCUT2D eigenvalue weighted by Crippen LogP contribution is -2.13. The van der Waals surface area contributed by atoms with E-state index in [-0.39, 0.29) is 10.0 Å². The summed E-state index contributed by atoms with van der Waals surface area (Å²) < 4.78 is 13.4. The highest BCUT2D eigenvalue weighted by Gasteiger charge is 2.13. The summed E-state index contributed by atoms with van der Waals surface area (Å²) in [6.07, 6.45) is 1.57. The van der Waals surface area contributed by atoms with Crippen LogP contribution in [0.4, 0.5) is 10.2 Å². The van der Waals surface area contributed by atoms with E-state index in [1.807, 2.05) is 0 Å². The zero-order chi connectivity index (χ0) is 12.3. The van der Waals surface area contributed by atoms with Crippen molar-refractivity contribution in [1.29, 1.82) is 0 Å². The highest BCUT2D eigenvalue weighted by molar-refractivity contribution is 9.10. The molecular formula is C12H8BrFN2O. The lowest BCUT2D eigenvalue weighted by molar-refractivity contribution is 0.102. The van der Waals surface area contributed by atoms with Crippen LogP contribution in [-0.2, 0) is 0 Å². The quantitative estimate of drug-likeness (QED) is 0.924. The van der Waals surface area contributed by atoms with Gasteiger partial charge in [-0.3, -0.25) is 4.79 Å². The number of carbonyl (C=O) groups excluding carboxylic acids is 1. The number of rotatable bonds is 2. The van der Waals surface area contributed by atoms with Crippen molar-refractivity contribution in [3.63, 3.8) is 0 Å². The monoisotopic (exact) mass is 294 g/mol. The van der Waals surface area contributed by atoms with Crippen LogP contribution in [0, 0.1) is 5.82 Å². The topological polar surface area (TPSA) is 42.0 Å². The number of aromatic nitrogens is 1. The summed E-state index contributed by atoms with van der Waals surface area (Å²) in [7, 11) is 0. The van der Waals surface area contributed by atoms with Crippen LogP contribution >= 0.6 is 15.9 Å². The Morgan fingerprint density at radius 2 is 2.06 bits per heavy atom. The summed E-state index contributed by atoms with van der Waals surface area (Å²) in [5.41, 5.74) is 0.232. The molecule has 0 aliphatic rings. The predicted octanol–water partition coefficient (Wildman–Crippen LogP) is 3.24. The van der Waals surface area contributed by atoms with E-state index in [2.05, 4.69) is 26.2 Å². The largest absolute Gasteiger partial charge is 0.307 e. The fourth-order valence-electron chi connectivity index (χ4n) is 1.30. The molecule has 0 aliphatic carbocycles. The molecule has 17 heavy (non-hydrogen) atoms. The summed E-state index contributed by atoms with van der Waals surface area (Å²) in [5, 5.41) is 2.58. The molecule has 0 unspecified atom stereocenters. The molecule has 1 N–H and O–H groups in total. The van der Waals surface area contributed by atoms with E-state index in [1.165, 1.54) is 18.2 Å². The predicted molar refractivity (Wildman–Crippen MR) is 66.3 cm³/mol. The Labute approximate surface area is 106 Å². The van der Waals surface area contributed by atoms with Gasteiger partial charge in [0.05, 0.1) is 10.0 Å². The van der Waals surface area contributed by atoms with Crippen LogP contribution in [0.15, 0.2) is 47.1 Å². The number of anilines is 1. The standard InChI is InChI=1S/C12H8BrFN2O/c13-11-8(4-3-5-9(11)14)12(17)16-10-6-1-2-7-15-10/h1-7H,(H,15,16,17). The SMILES string of the molecule is O=C(Nc1ccccn1)c1cccc(F)c1Br. The van der Waals surface area contributed by atoms with Crippen LogP contribution in [0.25, 0.3) is 0 Å². The molecule has 1 amide bonds. The van der Waals surface area contributed by atoms with Gasteiger partial charge in [-0.15, -0.1) is 0 Å². The number of hydrogen-bond acceptors (Lipinski definition) is 2. The molecule has 0 bridgehead atoms. The first-order chi connectivity index (χ1) is 8.18. The Balaban J connectivity index is 2.24. The third-order valence-electron chi connectivity index (χ3n) is 2.10. The third-order valence-corrected chi connectivity index (χ3v) is 2.91. The van der Waals surface area contributed by atoms with Crippen LogP contribution in [0.3, 0.4) is 0 Å². The van der Waals surface area contributed by atoms with Gasteiger partial charge in [0.15, 0.2) is 0 Å². The summed E-state index contributed by atoms with van der Waals surface area (Å²) in [4.78, 5) is 15.8. The number of nitrogens with one attached hydrogen (secondary N) is 1. The van der Waals surface area contributed by atoms with Gasteiger partial charge in [-0.2, -0.15) is 0 Å². The highest BCUT2D eigenvalue weighted by atomic mass is 79.9. The third kappa shape index (κ3) is 2.68. The van der Waals surface area contributed by atoms with Gasteiger partial charge in [0.25, 0.3) is 5.91 Å². The Bertz CT molecular complexity index is 545. The molecule has 0 radical (unpaired) electrons. The van der Waals surface area contributed by atoms with Crippen molar-refractivity contribution < 1.29 is 9.18 Å². The fourth-order valence-corrected chi connectivity index (χ4v) is 1.74. The van der Waals surface area contributed by atoms with Gasteiger partial charge in [0, 0.05) is 6.20 Å². The van der Waals surface area contributed by atoms with E-state index in [4.69, 9.17) is 0 Å². The molecule has 2 aromatic rings. The summed E-state index contributed by atoms with van der Waals surface area (Å²) >= 11 is 3.04. The average molecular weight is 295 g/mol. The summed E-state index contributed by atoms with van der Waals surface area (Å²) in [6, 6.07) is 9.45. The molecular weight excluding hydrogens is 287 g/mol. The van der Waals surface area contributed by atoms with E-state index < -0.39 is 11.7 Å². The van der Waals surface area contributed by atoms with Crippen LogP contribution in [0.1, 0.15) is 10.4 Å². The molecule has 1 aromatic heterocycles. The number of benzene rings is 1. The Morgan fingerprint density at radius 1 is 1.24 bits per heavy atom. The van der Waals surface area contributed by atoms with Crippen molar-refractivity contribution in [2.45, 2.75) is 0 Å². The molecule has 3 nitrogen and oxygen atoms in total. The van der Waals surface area contributed by atoms with Crippen molar-refractivity contribution in [3.8, 4) is 0 Å². The second-order valence-electron chi connectivity index (χ2n) is 3.27. The van der Waals surface area contributed by atoms with E-state index in [0.29, 0.717) is 5.82 Å². The van der Waals surface area contributed by atoms with Gasteiger partial charge in [-0.25, -0.2) is 9.37 Å². The number of carbonyl (C=O) groups is 1. The average Bonchev–Trinajstić information content (AvgIpc) is 2.34. The zero-order valence-electron chi connectivity index (χ0n) is 8.65. The normalized spacial score (nSPS) is 10.0. The van der Waals surface area contributed by atoms with Gasteiger partial charge < -0.3 is 5.32 Å². The first-order valence-corrected chi connectivity index (χ1v) is 5.64. The van der Waals surface area contributed by atoms with E-state index in [0.717, 1.165) is 0 Å². The number of amides is 1. The van der Waals surface area contributed by atoms with E-state index >= 15 is 0 Å². The number of nitrogens with zero attached hydrogens (tertiary/aromatic N) is 1. The van der Waals surface area contributed by atoms with Crippen molar-refractivity contribution >= 4 is 27.7 Å². The minimum Gasteiger partial charge on any atom is -0.307 e. The highest BCUT2D eigenvalue weighted by Crippen LogP contribution is 2.21. The maximum absolute atomic E-state index is 13.2. The summed E-state index contributed by atoms with van der Waals surface area (Å²) in [6.45, 7) is 0. The molecule has 0 atom stereocenters. The molecule has 0 spiro atoms. The van der Waals surface area contributed by atoms with Gasteiger partial charge in [0.2, 0.25) is 0 Å². The van der Waals surface area contributed by atoms with Gasteiger partial charge in [-0.05, 0) is 40.2 Å². The molecule has 5 heteroatoms. The van der Waals surface area contributed by atoms with E-state index in [1.54, 1.807) is 24.4 Å². The first kappa shape index (κ1) is 11.7. The van der Waals surface area contributed by atoms with Crippen LogP contribution < -0.4 is 5.32 Å². The van der Waals surface area contributed by atoms with Gasteiger partial charge >= 0.3 is 0 Å². The molecule has 86 valence electrons. The molecule has 0 aliphatic heterocycles. The van der Waals surface area contributed by atoms with Gasteiger partial charge in [-0.1, -0.05) is 12.1 Å². The number of hydrogen-bond donors (Lipinski definition) is 1. The maximum atomic E-state index is 13.2. The molecule has 0 saturated carbocycles. The van der Waals surface area contributed by atoms with Gasteiger partial charge in [0.1, 0.15) is 11.6 Å². The van der Waals surface area contributed by atoms with Crippen molar-refractivity contribution in [1.82, 2.24) is 4.98 Å². The lowest BCUT2D eigenvalue weighted by Gasteiger charge is -2.06. The first-order valence-electron chi connectivity index (χ1n) is 4.85. The number of pyridine rings is 1. The Kier molecular flexibility index (Phi) is 3.49. The Morgan fingerprint density at radius 3 is 2.76 bits per heavy atom. The van der Waals surface area contributed by atoms with Crippen LogP contribution in [0.2, 0.25) is 0 Å². The molecule has 0 fully saturated rings. The molecule has 0 saturated heterocycles. The maximum Gasteiger partial charge on any atom is 0.258 e. The minimum absolute atomic E-state index is 0.147. The molecule has 1 aromatic carbocycles. The second-order valence-corrected chi connectivity index (χ2v) is 4.06. The van der Waals surface area contributed by atoms with Crippen molar-refractivity contribution in [2.24, 2.45) is 0 Å². The molecule has 2 rings (SSSR count).